The van der Waals surface area contributed by atoms with Crippen molar-refractivity contribution in [1.29, 1.82) is 0 Å². The molecule has 0 aromatic carbocycles. The van der Waals surface area contributed by atoms with Crippen molar-refractivity contribution in [3.63, 3.8) is 0 Å². The van der Waals surface area contributed by atoms with Crippen molar-refractivity contribution in [2.75, 3.05) is 13.2 Å². The second-order valence-electron chi connectivity index (χ2n) is 1.90. The Balaban J connectivity index is 3.15. The van der Waals surface area contributed by atoms with Gasteiger partial charge in [-0.1, -0.05) is 11.6 Å². The van der Waals surface area contributed by atoms with Gasteiger partial charge in [-0.3, -0.25) is 8.37 Å². The van der Waals surface area contributed by atoms with Gasteiger partial charge in [-0.15, -0.1) is 0 Å². The van der Waals surface area contributed by atoms with E-state index >= 15 is 0 Å². The molecule has 6 nitrogen and oxygen atoms in total. The van der Waals surface area contributed by atoms with E-state index in [9.17, 15) is 16.8 Å². The fraction of sp³-hybridized carbons (Fsp3) is 1.00. The molecule has 1 saturated heterocycles. The second kappa shape index (κ2) is 3.11. The lowest BCUT2D eigenvalue weighted by Crippen LogP contribution is -2.24. The second-order valence-corrected chi connectivity index (χ2v) is 6.54. The Morgan fingerprint density at radius 1 is 1.00 bits per heavy atom. The molecule has 0 radical (unpaired) electrons. The molecule has 0 aromatic rings. The molecule has 0 aliphatic carbocycles. The van der Waals surface area contributed by atoms with Crippen LogP contribution in [0.3, 0.4) is 0 Å². The van der Waals surface area contributed by atoms with E-state index in [4.69, 9.17) is 11.6 Å². The van der Waals surface area contributed by atoms with Crippen molar-refractivity contribution in [1.82, 2.24) is 0 Å². The molecule has 0 saturated carbocycles. The molecular formula is C3H5ClO6S2. The van der Waals surface area contributed by atoms with E-state index in [0.717, 1.165) is 0 Å². The zero-order valence-corrected chi connectivity index (χ0v) is 8.02. The molecule has 0 N–H and O–H groups in total. The van der Waals surface area contributed by atoms with Crippen molar-refractivity contribution in [3.05, 3.63) is 0 Å². The Bertz CT molecular complexity index is 318. The van der Waals surface area contributed by atoms with Crippen LogP contribution in [0, 0.1) is 0 Å². The third-order valence-electron chi connectivity index (χ3n) is 1.03. The monoisotopic (exact) mass is 236 g/mol. The maximum Gasteiger partial charge on any atom is 0.301 e. The highest BCUT2D eigenvalue weighted by molar-refractivity contribution is 8.06. The molecule has 9 heteroatoms. The Kier molecular flexibility index (Phi) is 2.64. The summed E-state index contributed by atoms with van der Waals surface area (Å²) in [5.74, 6) is 0. The zero-order chi connectivity index (χ0) is 9.41. The van der Waals surface area contributed by atoms with Gasteiger partial charge in [0, 0.05) is 0 Å². The minimum atomic E-state index is -4.25. The molecule has 72 valence electrons. The summed E-state index contributed by atoms with van der Waals surface area (Å²) >= 11 is 5.08. The summed E-state index contributed by atoms with van der Waals surface area (Å²) in [6, 6.07) is 0. The van der Waals surface area contributed by atoms with Crippen LogP contribution in [-0.2, 0) is 28.6 Å². The largest absolute Gasteiger partial charge is 0.301 e. The lowest BCUT2D eigenvalue weighted by molar-refractivity contribution is 0.237. The van der Waals surface area contributed by atoms with E-state index in [1.807, 2.05) is 0 Å². The number of halogens is 1. The van der Waals surface area contributed by atoms with Crippen molar-refractivity contribution in [2.24, 2.45) is 0 Å². The number of hydrogen-bond donors (Lipinski definition) is 0. The highest BCUT2D eigenvalue weighted by Gasteiger charge is 2.40. The molecule has 0 bridgehead atoms. The predicted molar refractivity (Wildman–Crippen MR) is 39.4 cm³/mol. The van der Waals surface area contributed by atoms with Gasteiger partial charge in [-0.05, 0) is 0 Å². The third-order valence-corrected chi connectivity index (χ3v) is 5.65. The van der Waals surface area contributed by atoms with Gasteiger partial charge in [0.25, 0.3) is 4.04 Å². The summed E-state index contributed by atoms with van der Waals surface area (Å²) < 4.78 is 49.4. The molecule has 0 aromatic heterocycles. The first kappa shape index (κ1) is 10.2. The predicted octanol–water partition coefficient (Wildman–Crippen LogP) is -0.785. The highest BCUT2D eigenvalue weighted by atomic mass is 35.5. The first-order chi connectivity index (χ1) is 5.36. The summed E-state index contributed by atoms with van der Waals surface area (Å²) in [6.07, 6.45) is 0. The standard InChI is InChI=1S/C3H5ClO6S2/c4-3-11(5,6)9-1-2-10-12(3,7)8/h3H,1-2H2. The summed E-state index contributed by atoms with van der Waals surface area (Å²) in [5, 5.41) is 0. The molecule has 1 aliphatic rings. The normalized spacial score (nSPS) is 29.4. The summed E-state index contributed by atoms with van der Waals surface area (Å²) in [6.45, 7) is -0.685. The van der Waals surface area contributed by atoms with E-state index in [-0.39, 0.29) is 13.2 Å². The van der Waals surface area contributed by atoms with E-state index in [0.29, 0.717) is 0 Å². The SMILES string of the molecule is O=S1(=O)OCCOS(=O)(=O)C1Cl. The smallest absolute Gasteiger partial charge is 0.266 e. The van der Waals surface area contributed by atoms with Crippen LogP contribution in [0.5, 0.6) is 0 Å². The minimum Gasteiger partial charge on any atom is -0.266 e. The van der Waals surface area contributed by atoms with Crippen molar-refractivity contribution in [3.8, 4) is 0 Å². The molecule has 1 rings (SSSR count). The average molecular weight is 237 g/mol. The van der Waals surface area contributed by atoms with Gasteiger partial charge in [0.05, 0.1) is 13.2 Å². The van der Waals surface area contributed by atoms with Crippen LogP contribution in [-0.4, -0.2) is 34.1 Å². The van der Waals surface area contributed by atoms with Crippen LogP contribution in [0.1, 0.15) is 0 Å². The Labute approximate surface area is 74.7 Å². The van der Waals surface area contributed by atoms with Crippen LogP contribution < -0.4 is 0 Å². The van der Waals surface area contributed by atoms with Gasteiger partial charge in [0.15, 0.2) is 0 Å². The molecule has 0 spiro atoms. The number of alkyl halides is 1. The molecule has 0 amide bonds. The quantitative estimate of drug-likeness (QED) is 0.405. The average Bonchev–Trinajstić information content (AvgIpc) is 2.02. The van der Waals surface area contributed by atoms with Crippen LogP contribution in [0.15, 0.2) is 0 Å². The first-order valence-electron chi connectivity index (χ1n) is 2.77. The lowest BCUT2D eigenvalue weighted by Gasteiger charge is -2.03. The van der Waals surface area contributed by atoms with Gasteiger partial charge in [0.1, 0.15) is 0 Å². The van der Waals surface area contributed by atoms with Gasteiger partial charge in [-0.25, -0.2) is 0 Å². The van der Waals surface area contributed by atoms with Gasteiger partial charge >= 0.3 is 20.2 Å². The van der Waals surface area contributed by atoms with Gasteiger partial charge in [-0.2, -0.15) is 16.8 Å². The molecule has 1 aliphatic heterocycles. The van der Waals surface area contributed by atoms with Crippen LogP contribution in [0.2, 0.25) is 0 Å². The van der Waals surface area contributed by atoms with Crippen molar-refractivity contribution < 1.29 is 25.2 Å². The Hall–Kier alpha value is 0.110. The molecule has 1 fully saturated rings. The van der Waals surface area contributed by atoms with Crippen molar-refractivity contribution in [2.45, 2.75) is 4.04 Å². The van der Waals surface area contributed by atoms with E-state index in [1.165, 1.54) is 0 Å². The molecule has 0 atom stereocenters. The lowest BCUT2D eigenvalue weighted by atomic mass is 10.8. The molecule has 0 unspecified atom stereocenters. The fourth-order valence-electron chi connectivity index (χ4n) is 0.552. The maximum atomic E-state index is 10.8. The maximum absolute atomic E-state index is 10.8. The van der Waals surface area contributed by atoms with Crippen LogP contribution >= 0.6 is 11.6 Å². The summed E-state index contributed by atoms with van der Waals surface area (Å²) in [7, 11) is -8.51. The summed E-state index contributed by atoms with van der Waals surface area (Å²) in [5.41, 5.74) is 0. The number of rotatable bonds is 0. The van der Waals surface area contributed by atoms with Crippen molar-refractivity contribution >= 4 is 31.8 Å². The first-order valence-corrected chi connectivity index (χ1v) is 6.15. The van der Waals surface area contributed by atoms with Crippen LogP contribution in [0.4, 0.5) is 0 Å². The van der Waals surface area contributed by atoms with E-state index < -0.39 is 24.3 Å². The summed E-state index contributed by atoms with van der Waals surface area (Å²) in [4.78, 5) is 0. The Morgan fingerprint density at radius 2 is 1.33 bits per heavy atom. The zero-order valence-electron chi connectivity index (χ0n) is 5.64. The third kappa shape index (κ3) is 1.88. The fourth-order valence-corrected chi connectivity index (χ4v) is 3.16. The molecular weight excluding hydrogens is 232 g/mol. The molecule has 12 heavy (non-hydrogen) atoms. The van der Waals surface area contributed by atoms with E-state index in [1.54, 1.807) is 0 Å². The van der Waals surface area contributed by atoms with E-state index in [2.05, 4.69) is 8.37 Å². The topological polar surface area (TPSA) is 86.7 Å². The molecule has 1 heterocycles. The van der Waals surface area contributed by atoms with Gasteiger partial charge in [0.2, 0.25) is 0 Å². The highest BCUT2D eigenvalue weighted by Crippen LogP contribution is 2.20. The van der Waals surface area contributed by atoms with Gasteiger partial charge < -0.3 is 0 Å². The Morgan fingerprint density at radius 3 is 1.67 bits per heavy atom. The number of hydrogen-bond acceptors (Lipinski definition) is 6. The minimum absolute atomic E-state index is 0.342. The van der Waals surface area contributed by atoms with Crippen LogP contribution in [0.25, 0.3) is 0 Å².